The maximum atomic E-state index is 13.0. The van der Waals surface area contributed by atoms with E-state index >= 15 is 0 Å². The van der Waals surface area contributed by atoms with E-state index in [-0.39, 0.29) is 23.3 Å². The van der Waals surface area contributed by atoms with Crippen LogP contribution in [0.15, 0.2) is 53.4 Å². The number of rotatable bonds is 9. The summed E-state index contributed by atoms with van der Waals surface area (Å²) in [4.78, 5) is 12.8. The van der Waals surface area contributed by atoms with Gasteiger partial charge >= 0.3 is 0 Å². The van der Waals surface area contributed by atoms with Gasteiger partial charge in [0.2, 0.25) is 15.9 Å². The van der Waals surface area contributed by atoms with Crippen molar-refractivity contribution in [1.29, 1.82) is 0 Å². The maximum absolute atomic E-state index is 13.0. The van der Waals surface area contributed by atoms with Crippen LogP contribution in [0.25, 0.3) is 0 Å². The van der Waals surface area contributed by atoms with Crippen LogP contribution < -0.4 is 10.1 Å². The van der Waals surface area contributed by atoms with Gasteiger partial charge in [0, 0.05) is 36.2 Å². The van der Waals surface area contributed by atoms with Crippen LogP contribution in [0.3, 0.4) is 0 Å². The summed E-state index contributed by atoms with van der Waals surface area (Å²) in [6.07, 6.45) is 1.35. The minimum atomic E-state index is -3.64. The molecule has 1 fully saturated rings. The molecule has 3 rings (SSSR count). The molecule has 6 nitrogen and oxygen atoms in total. The molecule has 0 radical (unpaired) electrons. The van der Waals surface area contributed by atoms with Gasteiger partial charge in [-0.15, -0.1) is 0 Å². The van der Waals surface area contributed by atoms with E-state index in [9.17, 15) is 13.2 Å². The summed E-state index contributed by atoms with van der Waals surface area (Å²) in [5, 5.41) is 3.70. The van der Waals surface area contributed by atoms with Gasteiger partial charge < -0.3 is 10.1 Å². The minimum absolute atomic E-state index is 0.0898. The number of halogens is 1. The molecule has 0 aliphatic carbocycles. The summed E-state index contributed by atoms with van der Waals surface area (Å²) in [6, 6.07) is 14.0. The van der Waals surface area contributed by atoms with E-state index in [1.165, 1.54) is 23.5 Å². The van der Waals surface area contributed by atoms with Crippen LogP contribution in [0.5, 0.6) is 5.75 Å². The summed E-state index contributed by atoms with van der Waals surface area (Å²) in [5.41, 5.74) is 1.08. The highest BCUT2D eigenvalue weighted by Crippen LogP contribution is 2.25. The Morgan fingerprint density at radius 1 is 1.23 bits per heavy atom. The van der Waals surface area contributed by atoms with Crippen LogP contribution >= 0.6 is 23.4 Å². The molecule has 1 heterocycles. The average molecular weight is 483 g/mol. The van der Waals surface area contributed by atoms with Gasteiger partial charge in [-0.1, -0.05) is 29.8 Å². The molecule has 0 aromatic heterocycles. The van der Waals surface area contributed by atoms with Crippen LogP contribution in [-0.4, -0.2) is 51.1 Å². The van der Waals surface area contributed by atoms with Gasteiger partial charge in [0.15, 0.2) is 0 Å². The largest absolute Gasteiger partial charge is 0.497 e. The lowest BCUT2D eigenvalue weighted by atomic mass is 9.99. The molecule has 1 atom stereocenters. The van der Waals surface area contributed by atoms with Crippen molar-refractivity contribution in [2.24, 2.45) is 5.92 Å². The van der Waals surface area contributed by atoms with Crippen molar-refractivity contribution in [2.75, 3.05) is 32.5 Å². The smallest absolute Gasteiger partial charge is 0.243 e. The van der Waals surface area contributed by atoms with E-state index < -0.39 is 10.0 Å². The van der Waals surface area contributed by atoms with Crippen molar-refractivity contribution in [3.05, 3.63) is 59.1 Å². The lowest BCUT2D eigenvalue weighted by Gasteiger charge is -2.31. The van der Waals surface area contributed by atoms with E-state index in [1.807, 2.05) is 24.3 Å². The number of hydrogen-bond acceptors (Lipinski definition) is 5. The van der Waals surface area contributed by atoms with Gasteiger partial charge in [0.05, 0.1) is 17.9 Å². The fourth-order valence-electron chi connectivity index (χ4n) is 3.46. The molecule has 168 valence electrons. The normalized spacial score (nSPS) is 17.3. The zero-order valence-electron chi connectivity index (χ0n) is 17.4. The second-order valence-corrected chi connectivity index (χ2v) is 10.8. The zero-order valence-corrected chi connectivity index (χ0v) is 19.8. The predicted molar refractivity (Wildman–Crippen MR) is 125 cm³/mol. The molecule has 0 saturated carbocycles. The molecule has 1 N–H and O–H groups in total. The van der Waals surface area contributed by atoms with Gasteiger partial charge in [-0.2, -0.15) is 16.1 Å². The highest BCUT2D eigenvalue weighted by Gasteiger charge is 2.33. The van der Waals surface area contributed by atoms with E-state index in [0.29, 0.717) is 31.7 Å². The number of carbonyl (C=O) groups is 1. The summed E-state index contributed by atoms with van der Waals surface area (Å²) in [7, 11) is -2.10. The molecule has 2 aromatic rings. The average Bonchev–Trinajstić information content (AvgIpc) is 2.80. The number of nitrogens with zero attached hydrogens (tertiary/aromatic N) is 1. The molecule has 1 amide bonds. The Morgan fingerprint density at radius 2 is 1.97 bits per heavy atom. The molecule has 1 aliphatic rings. The molecule has 0 spiro atoms. The first-order valence-corrected chi connectivity index (χ1v) is 13.1. The van der Waals surface area contributed by atoms with E-state index in [1.54, 1.807) is 23.9 Å². The Hall–Kier alpha value is -1.74. The van der Waals surface area contributed by atoms with E-state index in [0.717, 1.165) is 22.1 Å². The number of methoxy groups -OCH3 is 1. The van der Waals surface area contributed by atoms with Crippen LogP contribution in [0.4, 0.5) is 0 Å². The van der Waals surface area contributed by atoms with Crippen LogP contribution in [0.2, 0.25) is 5.02 Å². The van der Waals surface area contributed by atoms with Gasteiger partial charge in [0.25, 0.3) is 0 Å². The number of ether oxygens (including phenoxy) is 1. The Balaban J connectivity index is 1.48. The Kier molecular flexibility index (Phi) is 8.66. The molecule has 0 unspecified atom stereocenters. The second-order valence-electron chi connectivity index (χ2n) is 7.31. The number of carbonyl (C=O) groups excluding carboxylic acids is 1. The first kappa shape index (κ1) is 23.9. The summed E-state index contributed by atoms with van der Waals surface area (Å²) < 4.78 is 32.4. The zero-order chi connectivity index (χ0) is 22.3. The number of thioether (sulfide) groups is 1. The van der Waals surface area contributed by atoms with Gasteiger partial charge in [-0.25, -0.2) is 8.42 Å². The van der Waals surface area contributed by atoms with E-state index in [4.69, 9.17) is 16.3 Å². The lowest BCUT2D eigenvalue weighted by molar-refractivity contribution is -0.125. The quantitative estimate of drug-likeness (QED) is 0.550. The summed E-state index contributed by atoms with van der Waals surface area (Å²) in [6.45, 7) is 1.16. The molecule has 31 heavy (non-hydrogen) atoms. The summed E-state index contributed by atoms with van der Waals surface area (Å²) >= 11 is 7.85. The maximum Gasteiger partial charge on any atom is 0.243 e. The third-order valence-corrected chi connectivity index (χ3v) is 8.47. The minimum Gasteiger partial charge on any atom is -0.497 e. The first-order valence-electron chi connectivity index (χ1n) is 10.1. The fraction of sp³-hybridized carbons (Fsp3) is 0.409. The molecular weight excluding hydrogens is 456 g/mol. The van der Waals surface area contributed by atoms with Crippen LogP contribution in [-0.2, 0) is 20.6 Å². The Bertz CT molecular complexity index is 983. The number of piperidine rings is 1. The number of hydrogen-bond donors (Lipinski definition) is 1. The number of amides is 1. The third-order valence-electron chi connectivity index (χ3n) is 5.21. The van der Waals surface area contributed by atoms with E-state index in [2.05, 4.69) is 5.32 Å². The highest BCUT2D eigenvalue weighted by atomic mass is 35.5. The predicted octanol–water partition coefficient (Wildman–Crippen LogP) is 3.80. The molecule has 2 aromatic carbocycles. The second kappa shape index (κ2) is 11.2. The van der Waals surface area contributed by atoms with Crippen molar-refractivity contribution in [2.45, 2.75) is 23.5 Å². The summed E-state index contributed by atoms with van der Waals surface area (Å²) in [5.74, 6) is 1.72. The number of nitrogens with one attached hydrogen (secondary N) is 1. The fourth-order valence-corrected chi connectivity index (χ4v) is 6.13. The molecular formula is C22H27ClN2O4S2. The molecule has 0 bridgehead atoms. The SMILES string of the molecule is COc1ccc(S(=O)(=O)N2CCC[C@H](C(=O)NCCSCc3ccccc3Cl)C2)cc1. The van der Waals surface area contributed by atoms with Crippen molar-refractivity contribution < 1.29 is 17.9 Å². The Morgan fingerprint density at radius 3 is 2.68 bits per heavy atom. The standard InChI is InChI=1S/C22H27ClN2O4S2/c1-29-19-8-10-20(11-9-19)31(27,28)25-13-4-6-17(15-25)22(26)24-12-14-30-16-18-5-2-3-7-21(18)23/h2-3,5,7-11,17H,4,6,12-16H2,1H3,(H,24,26)/t17-/m0/s1. The lowest BCUT2D eigenvalue weighted by Crippen LogP contribution is -2.45. The van der Waals surface area contributed by atoms with Gasteiger partial charge in [0.1, 0.15) is 5.75 Å². The van der Waals surface area contributed by atoms with Crippen molar-refractivity contribution in [3.8, 4) is 5.75 Å². The van der Waals surface area contributed by atoms with Crippen molar-refractivity contribution >= 4 is 39.3 Å². The van der Waals surface area contributed by atoms with Crippen molar-refractivity contribution in [3.63, 3.8) is 0 Å². The molecule has 1 aliphatic heterocycles. The number of benzene rings is 2. The van der Waals surface area contributed by atoms with Crippen LogP contribution in [0, 0.1) is 5.92 Å². The number of sulfonamides is 1. The van der Waals surface area contributed by atoms with Gasteiger partial charge in [-0.05, 0) is 48.7 Å². The topological polar surface area (TPSA) is 75.7 Å². The third kappa shape index (κ3) is 6.38. The van der Waals surface area contributed by atoms with Crippen LogP contribution in [0.1, 0.15) is 18.4 Å². The monoisotopic (exact) mass is 482 g/mol. The first-order chi connectivity index (χ1) is 14.9. The van der Waals surface area contributed by atoms with Gasteiger partial charge in [-0.3, -0.25) is 4.79 Å². The van der Waals surface area contributed by atoms with Crippen molar-refractivity contribution in [1.82, 2.24) is 9.62 Å². The Labute approximate surface area is 193 Å². The molecule has 1 saturated heterocycles. The molecule has 9 heteroatoms. The highest BCUT2D eigenvalue weighted by molar-refractivity contribution is 7.98.